The maximum atomic E-state index is 12.1. The molecule has 0 radical (unpaired) electrons. The summed E-state index contributed by atoms with van der Waals surface area (Å²) in [4.78, 5) is 16.3. The number of nitrogens with one attached hydrogen (secondary N) is 1. The Hall–Kier alpha value is -2.44. The molecule has 1 heterocycles. The zero-order valence-corrected chi connectivity index (χ0v) is 15.6. The van der Waals surface area contributed by atoms with Gasteiger partial charge in [0.15, 0.2) is 5.76 Å². The lowest BCUT2D eigenvalue weighted by Crippen LogP contribution is -2.13. The molecule has 0 saturated carbocycles. The summed E-state index contributed by atoms with van der Waals surface area (Å²) < 4.78 is 11.0. The number of anilines is 1. The number of amides is 1. The molecule has 0 fully saturated rings. The van der Waals surface area contributed by atoms with E-state index in [0.717, 1.165) is 11.3 Å². The fourth-order valence-electron chi connectivity index (χ4n) is 2.23. The Morgan fingerprint density at radius 3 is 2.81 bits per heavy atom. The minimum absolute atomic E-state index is 0.137. The molecule has 0 atom stereocenters. The van der Waals surface area contributed by atoms with Gasteiger partial charge in [0.1, 0.15) is 5.75 Å². The number of rotatable bonds is 7. The van der Waals surface area contributed by atoms with Crippen molar-refractivity contribution in [1.82, 2.24) is 4.98 Å². The number of oxazole rings is 1. The minimum Gasteiger partial charge on any atom is -0.494 e. The van der Waals surface area contributed by atoms with Crippen LogP contribution in [0.4, 0.5) is 5.69 Å². The molecule has 1 aromatic heterocycles. The van der Waals surface area contributed by atoms with Gasteiger partial charge in [-0.3, -0.25) is 4.79 Å². The first kappa shape index (κ1) is 18.4. The van der Waals surface area contributed by atoms with Crippen molar-refractivity contribution in [2.75, 3.05) is 17.7 Å². The average molecular weight is 389 g/mol. The Labute approximate surface area is 160 Å². The highest BCUT2D eigenvalue weighted by molar-refractivity contribution is 7.99. The van der Waals surface area contributed by atoms with Crippen LogP contribution in [0.3, 0.4) is 0 Å². The fraction of sp³-hybridized carbons (Fsp3) is 0.158. The van der Waals surface area contributed by atoms with Gasteiger partial charge in [-0.05, 0) is 43.3 Å². The number of aromatic nitrogens is 1. The first-order valence-electron chi connectivity index (χ1n) is 8.01. The number of carbonyl (C=O) groups excluding carboxylic acids is 1. The third-order valence-corrected chi connectivity index (χ3v) is 4.45. The largest absolute Gasteiger partial charge is 0.494 e. The first-order chi connectivity index (χ1) is 12.6. The number of carbonyl (C=O) groups is 1. The summed E-state index contributed by atoms with van der Waals surface area (Å²) in [5, 5.41) is 3.89. The zero-order valence-electron chi connectivity index (χ0n) is 14.1. The number of halogens is 1. The average Bonchev–Trinajstić information content (AvgIpc) is 3.11. The van der Waals surface area contributed by atoms with Crippen LogP contribution >= 0.6 is 23.4 Å². The van der Waals surface area contributed by atoms with E-state index in [0.29, 0.717) is 28.3 Å². The van der Waals surface area contributed by atoms with E-state index in [2.05, 4.69) is 10.3 Å². The van der Waals surface area contributed by atoms with Crippen LogP contribution in [0.15, 0.2) is 64.4 Å². The van der Waals surface area contributed by atoms with Crippen LogP contribution in [-0.4, -0.2) is 23.3 Å². The van der Waals surface area contributed by atoms with Crippen molar-refractivity contribution < 1.29 is 13.9 Å². The van der Waals surface area contributed by atoms with Crippen LogP contribution in [0, 0.1) is 0 Å². The SMILES string of the molecule is CCOc1ccc(NC(=O)CSc2ncc(-c3cccc(Cl)c3)o2)cc1. The predicted molar refractivity (Wildman–Crippen MR) is 104 cm³/mol. The molecule has 0 unspecified atom stereocenters. The van der Waals surface area contributed by atoms with Gasteiger partial charge in [0.2, 0.25) is 5.91 Å². The van der Waals surface area contributed by atoms with Gasteiger partial charge in [-0.15, -0.1) is 0 Å². The van der Waals surface area contributed by atoms with Gasteiger partial charge in [0, 0.05) is 16.3 Å². The van der Waals surface area contributed by atoms with E-state index in [9.17, 15) is 4.79 Å². The predicted octanol–water partition coefficient (Wildman–Crippen LogP) is 5.12. The summed E-state index contributed by atoms with van der Waals surface area (Å²) in [7, 11) is 0. The van der Waals surface area contributed by atoms with E-state index in [1.54, 1.807) is 30.5 Å². The Morgan fingerprint density at radius 1 is 1.27 bits per heavy atom. The van der Waals surface area contributed by atoms with Gasteiger partial charge in [-0.2, -0.15) is 0 Å². The lowest BCUT2D eigenvalue weighted by atomic mass is 10.2. The Morgan fingerprint density at radius 2 is 2.08 bits per heavy atom. The van der Waals surface area contributed by atoms with Crippen LogP contribution in [-0.2, 0) is 4.79 Å². The summed E-state index contributed by atoms with van der Waals surface area (Å²) in [5.74, 6) is 1.44. The number of nitrogens with zero attached hydrogens (tertiary/aromatic N) is 1. The van der Waals surface area contributed by atoms with Crippen molar-refractivity contribution in [3.8, 4) is 17.1 Å². The van der Waals surface area contributed by atoms with Crippen LogP contribution in [0.5, 0.6) is 5.75 Å². The van der Waals surface area contributed by atoms with Gasteiger partial charge in [0.05, 0.1) is 18.6 Å². The van der Waals surface area contributed by atoms with Crippen LogP contribution < -0.4 is 10.1 Å². The minimum atomic E-state index is -0.137. The molecule has 5 nitrogen and oxygen atoms in total. The van der Waals surface area contributed by atoms with Gasteiger partial charge >= 0.3 is 0 Å². The van der Waals surface area contributed by atoms with Gasteiger partial charge in [0.25, 0.3) is 5.22 Å². The van der Waals surface area contributed by atoms with Crippen molar-refractivity contribution in [1.29, 1.82) is 0 Å². The van der Waals surface area contributed by atoms with Crippen molar-refractivity contribution in [2.45, 2.75) is 12.1 Å². The standard InChI is InChI=1S/C19H17ClN2O3S/c1-2-24-16-8-6-15(7-9-16)22-18(23)12-26-19-21-11-17(25-19)13-4-3-5-14(20)10-13/h3-11H,2,12H2,1H3,(H,22,23). The van der Waals surface area contributed by atoms with Crippen LogP contribution in [0.1, 0.15) is 6.92 Å². The zero-order chi connectivity index (χ0) is 18.4. The van der Waals surface area contributed by atoms with E-state index in [4.69, 9.17) is 20.8 Å². The smallest absolute Gasteiger partial charge is 0.256 e. The highest BCUT2D eigenvalue weighted by atomic mass is 35.5. The molecule has 26 heavy (non-hydrogen) atoms. The molecule has 0 aliphatic carbocycles. The summed E-state index contributed by atoms with van der Waals surface area (Å²) in [5.41, 5.74) is 1.56. The topological polar surface area (TPSA) is 64.4 Å². The molecule has 2 aromatic carbocycles. The molecule has 134 valence electrons. The van der Waals surface area contributed by atoms with Gasteiger partial charge in [-0.1, -0.05) is 35.5 Å². The maximum absolute atomic E-state index is 12.1. The number of thioether (sulfide) groups is 1. The fourth-order valence-corrected chi connectivity index (χ4v) is 3.02. The number of ether oxygens (including phenoxy) is 1. The highest BCUT2D eigenvalue weighted by Crippen LogP contribution is 2.27. The first-order valence-corrected chi connectivity index (χ1v) is 9.37. The van der Waals surface area contributed by atoms with Crippen molar-refractivity contribution in [2.24, 2.45) is 0 Å². The maximum Gasteiger partial charge on any atom is 0.256 e. The molecule has 3 aromatic rings. The Bertz CT molecular complexity index is 881. The Kier molecular flexibility index (Phi) is 6.20. The van der Waals surface area contributed by atoms with E-state index < -0.39 is 0 Å². The molecule has 0 aliphatic heterocycles. The Balaban J connectivity index is 1.53. The number of hydrogen-bond acceptors (Lipinski definition) is 5. The summed E-state index contributed by atoms with van der Waals surface area (Å²) in [6, 6.07) is 14.6. The molecule has 0 saturated heterocycles. The second-order valence-corrected chi connectivity index (χ2v) is 6.66. The highest BCUT2D eigenvalue weighted by Gasteiger charge is 2.10. The molecule has 0 aliphatic rings. The summed E-state index contributed by atoms with van der Waals surface area (Å²) >= 11 is 7.21. The quantitative estimate of drug-likeness (QED) is 0.569. The van der Waals surface area contributed by atoms with Crippen LogP contribution in [0.25, 0.3) is 11.3 Å². The molecule has 7 heteroatoms. The van der Waals surface area contributed by atoms with E-state index in [1.165, 1.54) is 11.8 Å². The summed E-state index contributed by atoms with van der Waals surface area (Å²) in [6.45, 7) is 2.53. The van der Waals surface area contributed by atoms with E-state index >= 15 is 0 Å². The van der Waals surface area contributed by atoms with E-state index in [1.807, 2.05) is 31.2 Å². The lowest BCUT2D eigenvalue weighted by molar-refractivity contribution is -0.113. The molecule has 3 rings (SSSR count). The second-order valence-electron chi connectivity index (χ2n) is 5.30. The molecular formula is C19H17ClN2O3S. The van der Waals surface area contributed by atoms with Crippen molar-refractivity contribution >= 4 is 35.0 Å². The molecule has 0 bridgehead atoms. The molecule has 1 amide bonds. The lowest BCUT2D eigenvalue weighted by Gasteiger charge is -2.06. The second kappa shape index (κ2) is 8.78. The normalized spacial score (nSPS) is 10.5. The molecular weight excluding hydrogens is 372 g/mol. The summed E-state index contributed by atoms with van der Waals surface area (Å²) in [6.07, 6.45) is 1.62. The number of benzene rings is 2. The monoisotopic (exact) mass is 388 g/mol. The molecule has 1 N–H and O–H groups in total. The number of hydrogen-bond donors (Lipinski definition) is 1. The van der Waals surface area contributed by atoms with Gasteiger partial charge in [-0.25, -0.2) is 4.98 Å². The third kappa shape index (κ3) is 5.03. The van der Waals surface area contributed by atoms with E-state index in [-0.39, 0.29) is 11.7 Å². The van der Waals surface area contributed by atoms with Crippen molar-refractivity contribution in [3.63, 3.8) is 0 Å². The third-order valence-electron chi connectivity index (χ3n) is 3.37. The van der Waals surface area contributed by atoms with Gasteiger partial charge < -0.3 is 14.5 Å². The molecule has 0 spiro atoms. The van der Waals surface area contributed by atoms with Crippen molar-refractivity contribution in [3.05, 3.63) is 59.8 Å². The van der Waals surface area contributed by atoms with Crippen LogP contribution in [0.2, 0.25) is 5.02 Å².